The lowest BCUT2D eigenvalue weighted by atomic mass is 10.0. The van der Waals surface area contributed by atoms with Crippen molar-refractivity contribution < 1.29 is 0 Å². The van der Waals surface area contributed by atoms with Gasteiger partial charge in [0.25, 0.3) is 5.56 Å². The minimum atomic E-state index is 0.193. The van der Waals surface area contributed by atoms with Crippen molar-refractivity contribution >= 4 is 16.6 Å². The molecule has 1 aromatic heterocycles. The van der Waals surface area contributed by atoms with Crippen LogP contribution in [0.15, 0.2) is 35.1 Å². The Morgan fingerprint density at radius 2 is 1.24 bits per heavy atom. The van der Waals surface area contributed by atoms with Crippen molar-refractivity contribution in [2.75, 3.05) is 38.1 Å². The van der Waals surface area contributed by atoms with Gasteiger partial charge in [-0.15, -0.1) is 0 Å². The third-order valence-corrected chi connectivity index (χ3v) is 7.56. The molecule has 0 spiro atoms. The fourth-order valence-electron chi connectivity index (χ4n) is 5.27. The Labute approximate surface area is 208 Å². The van der Waals surface area contributed by atoms with E-state index in [1.54, 1.807) is 0 Å². The van der Waals surface area contributed by atoms with Crippen LogP contribution in [-0.2, 0) is 6.54 Å². The summed E-state index contributed by atoms with van der Waals surface area (Å²) in [4.78, 5) is 18.1. The molecule has 0 amide bonds. The average Bonchev–Trinajstić information content (AvgIpc) is 2.85. The second kappa shape index (κ2) is 15.2. The average molecular weight is 468 g/mol. The number of aryl methyl sites for hydroxylation is 1. The van der Waals surface area contributed by atoms with Crippen molar-refractivity contribution in [3.05, 3.63) is 40.7 Å². The van der Waals surface area contributed by atoms with Gasteiger partial charge in [0.2, 0.25) is 0 Å². The Morgan fingerprint density at radius 3 is 1.82 bits per heavy atom. The summed E-state index contributed by atoms with van der Waals surface area (Å²) in [5.74, 6) is 0. The fourth-order valence-corrected chi connectivity index (χ4v) is 5.27. The quantitative estimate of drug-likeness (QED) is 0.244. The smallest absolute Gasteiger partial charge is 0.274 e. The molecule has 1 aliphatic rings. The Hall–Kier alpha value is -1.81. The number of benzene rings is 1. The van der Waals surface area contributed by atoms with Crippen LogP contribution >= 0.6 is 0 Å². The summed E-state index contributed by atoms with van der Waals surface area (Å²) in [7, 11) is 2.16. The number of aromatic nitrogens is 1. The van der Waals surface area contributed by atoms with E-state index in [4.69, 9.17) is 0 Å². The molecule has 1 fully saturated rings. The maximum Gasteiger partial charge on any atom is 0.274 e. The molecule has 1 saturated heterocycles. The van der Waals surface area contributed by atoms with Crippen molar-refractivity contribution in [2.45, 2.75) is 103 Å². The first-order chi connectivity index (χ1) is 16.7. The summed E-state index contributed by atoms with van der Waals surface area (Å²) in [5, 5.41) is 1.18. The van der Waals surface area contributed by atoms with E-state index in [0.717, 1.165) is 50.3 Å². The maximum atomic E-state index is 13.4. The highest BCUT2D eigenvalue weighted by molar-refractivity contribution is 5.82. The van der Waals surface area contributed by atoms with Gasteiger partial charge in [-0.3, -0.25) is 4.79 Å². The van der Waals surface area contributed by atoms with Gasteiger partial charge in [-0.25, -0.2) is 0 Å². The van der Waals surface area contributed by atoms with Gasteiger partial charge in [0.15, 0.2) is 0 Å². The summed E-state index contributed by atoms with van der Waals surface area (Å²) in [6, 6.07) is 10.5. The monoisotopic (exact) mass is 467 g/mol. The molecule has 3 rings (SSSR count). The number of pyridine rings is 1. The third-order valence-electron chi connectivity index (χ3n) is 7.56. The summed E-state index contributed by atoms with van der Waals surface area (Å²) >= 11 is 0. The molecule has 0 aliphatic carbocycles. The summed E-state index contributed by atoms with van der Waals surface area (Å²) in [5.41, 5.74) is 2.16. The molecule has 4 nitrogen and oxygen atoms in total. The van der Waals surface area contributed by atoms with Gasteiger partial charge >= 0.3 is 0 Å². The van der Waals surface area contributed by atoms with Gasteiger partial charge in [0.05, 0.1) is 5.52 Å². The summed E-state index contributed by atoms with van der Waals surface area (Å²) in [6.45, 7) is 7.02. The topological polar surface area (TPSA) is 28.5 Å². The first-order valence-electron chi connectivity index (χ1n) is 14.3. The Morgan fingerprint density at radius 1 is 0.706 bits per heavy atom. The molecule has 0 radical (unpaired) electrons. The van der Waals surface area contributed by atoms with Crippen molar-refractivity contribution in [1.82, 2.24) is 9.47 Å². The zero-order valence-corrected chi connectivity index (χ0v) is 22.1. The number of anilines is 1. The number of rotatable bonds is 16. The van der Waals surface area contributed by atoms with Crippen molar-refractivity contribution in [3.63, 3.8) is 0 Å². The zero-order chi connectivity index (χ0) is 24.0. The lowest BCUT2D eigenvalue weighted by molar-refractivity contribution is 0.312. The second-order valence-corrected chi connectivity index (χ2v) is 10.4. The fraction of sp³-hybridized carbons (Fsp3) is 0.700. The van der Waals surface area contributed by atoms with Gasteiger partial charge in [-0.1, -0.05) is 109 Å². The number of hydrogen-bond acceptors (Lipinski definition) is 3. The molecule has 0 bridgehead atoms. The normalized spacial score (nSPS) is 14.8. The van der Waals surface area contributed by atoms with Gasteiger partial charge in [-0.2, -0.15) is 0 Å². The van der Waals surface area contributed by atoms with E-state index in [1.807, 2.05) is 4.57 Å². The molecule has 0 N–H and O–H groups in total. The number of piperazine rings is 1. The highest BCUT2D eigenvalue weighted by Crippen LogP contribution is 2.20. The Balaban J connectivity index is 1.39. The molecular formula is C30H49N3O. The van der Waals surface area contributed by atoms with Crippen molar-refractivity contribution in [1.29, 1.82) is 0 Å². The van der Waals surface area contributed by atoms with Crippen LogP contribution in [0.4, 0.5) is 5.69 Å². The first kappa shape index (κ1) is 26.8. The lowest BCUT2D eigenvalue weighted by Gasteiger charge is -2.34. The summed E-state index contributed by atoms with van der Waals surface area (Å²) in [6.07, 6.45) is 19.0. The van der Waals surface area contributed by atoms with Crippen molar-refractivity contribution in [2.24, 2.45) is 0 Å². The first-order valence-corrected chi connectivity index (χ1v) is 14.3. The molecule has 34 heavy (non-hydrogen) atoms. The molecule has 0 saturated carbocycles. The van der Waals surface area contributed by atoms with Crippen molar-refractivity contribution in [3.8, 4) is 0 Å². The third kappa shape index (κ3) is 8.45. The molecule has 2 aromatic rings. The number of likely N-dealkylation sites (N-methyl/N-ethyl adjacent to an activating group) is 1. The summed E-state index contributed by atoms with van der Waals surface area (Å²) < 4.78 is 2.05. The van der Waals surface area contributed by atoms with Crippen LogP contribution < -0.4 is 10.5 Å². The lowest BCUT2D eigenvalue weighted by Crippen LogP contribution is -2.46. The van der Waals surface area contributed by atoms with Crippen LogP contribution in [0.3, 0.4) is 0 Å². The number of fused-ring (bicyclic) bond motifs is 1. The van der Waals surface area contributed by atoms with E-state index in [0.29, 0.717) is 0 Å². The predicted octanol–water partition coefficient (Wildman–Crippen LogP) is 7.23. The van der Waals surface area contributed by atoms with Crippen LogP contribution in [0.25, 0.3) is 10.9 Å². The van der Waals surface area contributed by atoms with E-state index in [1.165, 1.54) is 88.9 Å². The minimum absolute atomic E-state index is 0.193. The van der Waals surface area contributed by atoms with Crippen LogP contribution in [0.1, 0.15) is 96.8 Å². The number of para-hydroxylation sites is 1. The van der Waals surface area contributed by atoms with E-state index in [2.05, 4.69) is 54.1 Å². The standard InChI is InChI=1S/C30H49N3O/c1-3-4-5-6-7-8-9-10-11-12-13-14-15-18-21-33-28-20-17-16-19-27(28)26-29(30(33)34)32-24-22-31(2)23-25-32/h16-17,19-20,26H,3-15,18,21-25H2,1-2H3. The van der Waals surface area contributed by atoms with Gasteiger partial charge in [0, 0.05) is 38.1 Å². The highest BCUT2D eigenvalue weighted by atomic mass is 16.1. The minimum Gasteiger partial charge on any atom is -0.364 e. The maximum absolute atomic E-state index is 13.4. The molecule has 190 valence electrons. The molecule has 1 aliphatic heterocycles. The Bertz CT molecular complexity index is 882. The molecular weight excluding hydrogens is 418 g/mol. The predicted molar refractivity (Wildman–Crippen MR) is 148 cm³/mol. The van der Waals surface area contributed by atoms with Gasteiger partial charge < -0.3 is 14.4 Å². The van der Waals surface area contributed by atoms with Crippen LogP contribution in [0, 0.1) is 0 Å². The largest absolute Gasteiger partial charge is 0.364 e. The molecule has 4 heteroatoms. The van der Waals surface area contributed by atoms with E-state index >= 15 is 0 Å². The van der Waals surface area contributed by atoms with E-state index in [-0.39, 0.29) is 5.56 Å². The van der Waals surface area contributed by atoms with Crippen LogP contribution in [0.5, 0.6) is 0 Å². The SMILES string of the molecule is CCCCCCCCCCCCCCCCn1c(=O)c(N2CCN(C)CC2)cc2ccccc21. The molecule has 0 atom stereocenters. The van der Waals surface area contributed by atoms with E-state index in [9.17, 15) is 4.79 Å². The van der Waals surface area contributed by atoms with Gasteiger partial charge in [0.1, 0.15) is 5.69 Å². The number of hydrogen-bond donors (Lipinski definition) is 0. The second-order valence-electron chi connectivity index (χ2n) is 10.4. The number of unbranched alkanes of at least 4 members (excludes halogenated alkanes) is 13. The zero-order valence-electron chi connectivity index (χ0n) is 22.1. The number of nitrogens with zero attached hydrogens (tertiary/aromatic N) is 3. The molecule has 0 unspecified atom stereocenters. The van der Waals surface area contributed by atoms with Crippen LogP contribution in [0.2, 0.25) is 0 Å². The van der Waals surface area contributed by atoms with Gasteiger partial charge in [-0.05, 0) is 25.6 Å². The highest BCUT2D eigenvalue weighted by Gasteiger charge is 2.19. The molecule has 2 heterocycles. The van der Waals surface area contributed by atoms with Crippen LogP contribution in [-0.4, -0.2) is 42.7 Å². The van der Waals surface area contributed by atoms with E-state index < -0.39 is 0 Å². The Kier molecular flexibility index (Phi) is 12.0. The molecule has 1 aromatic carbocycles.